The van der Waals surface area contributed by atoms with Crippen molar-refractivity contribution in [1.29, 1.82) is 0 Å². The van der Waals surface area contributed by atoms with Crippen molar-refractivity contribution >= 4 is 11.8 Å². The van der Waals surface area contributed by atoms with Gasteiger partial charge in [0, 0.05) is 30.6 Å². The Morgan fingerprint density at radius 1 is 1.19 bits per heavy atom. The molecule has 2 N–H and O–H groups in total. The Morgan fingerprint density at radius 2 is 2.00 bits per heavy atom. The van der Waals surface area contributed by atoms with E-state index in [1.54, 1.807) is 12.3 Å². The lowest BCUT2D eigenvalue weighted by Gasteiger charge is -2.24. The fourth-order valence-electron chi connectivity index (χ4n) is 3.83. The second-order valence-electron chi connectivity index (χ2n) is 7.70. The Hall–Kier alpha value is -3.45. The lowest BCUT2D eigenvalue weighted by molar-refractivity contribution is -0.125. The molecule has 0 bridgehead atoms. The number of likely N-dealkylation sites (tertiary alicyclic amines) is 1. The van der Waals surface area contributed by atoms with Gasteiger partial charge in [-0.1, -0.05) is 43.3 Å². The number of carbonyl (C=O) groups excluding carboxylic acids is 2. The number of hydrogen-bond acceptors (Lipinski definition) is 5. The van der Waals surface area contributed by atoms with Crippen molar-refractivity contribution in [2.45, 2.75) is 38.5 Å². The highest BCUT2D eigenvalue weighted by Crippen LogP contribution is 2.22. The predicted molar refractivity (Wildman–Crippen MR) is 115 cm³/mol. The monoisotopic (exact) mass is 419 g/mol. The molecule has 0 saturated carbocycles. The first-order valence-corrected chi connectivity index (χ1v) is 10.4. The van der Waals surface area contributed by atoms with Crippen molar-refractivity contribution in [3.05, 3.63) is 77.8 Å². The van der Waals surface area contributed by atoms with Crippen LogP contribution in [0.25, 0.3) is 11.3 Å². The van der Waals surface area contributed by atoms with Gasteiger partial charge in [-0.2, -0.15) is 0 Å². The summed E-state index contributed by atoms with van der Waals surface area (Å²) in [7, 11) is 0. The van der Waals surface area contributed by atoms with E-state index in [9.17, 15) is 14.7 Å². The fourth-order valence-corrected chi connectivity index (χ4v) is 3.83. The van der Waals surface area contributed by atoms with Crippen molar-refractivity contribution in [2.24, 2.45) is 0 Å². The molecule has 1 aliphatic rings. The summed E-state index contributed by atoms with van der Waals surface area (Å²) in [5, 5.41) is 13.0. The second kappa shape index (κ2) is 9.14. The third-order valence-corrected chi connectivity index (χ3v) is 5.56. The summed E-state index contributed by atoms with van der Waals surface area (Å²) in [5.41, 5.74) is 3.41. The first-order valence-electron chi connectivity index (χ1n) is 10.4. The highest BCUT2D eigenvalue weighted by atomic mass is 16.3. The molecule has 0 unspecified atom stereocenters. The van der Waals surface area contributed by atoms with Crippen LogP contribution >= 0.6 is 0 Å². The molecule has 31 heavy (non-hydrogen) atoms. The summed E-state index contributed by atoms with van der Waals surface area (Å²) >= 11 is 0. The van der Waals surface area contributed by atoms with Crippen LogP contribution in [0.15, 0.2) is 65.5 Å². The highest BCUT2D eigenvalue weighted by molar-refractivity contribution is 5.98. The molecule has 0 spiro atoms. The minimum Gasteiger partial charge on any atom is -0.444 e. The van der Waals surface area contributed by atoms with Crippen LogP contribution in [0.4, 0.5) is 0 Å². The van der Waals surface area contributed by atoms with E-state index in [1.807, 2.05) is 49.4 Å². The van der Waals surface area contributed by atoms with Gasteiger partial charge in [0.25, 0.3) is 5.91 Å². The van der Waals surface area contributed by atoms with E-state index >= 15 is 0 Å². The fraction of sp³-hybridized carbons (Fsp3) is 0.292. The second-order valence-corrected chi connectivity index (χ2v) is 7.70. The molecule has 3 aromatic rings. The van der Waals surface area contributed by atoms with Gasteiger partial charge in [-0.05, 0) is 29.7 Å². The Balaban J connectivity index is 1.41. The number of oxazole rings is 1. The van der Waals surface area contributed by atoms with E-state index in [0.717, 1.165) is 23.1 Å². The summed E-state index contributed by atoms with van der Waals surface area (Å²) < 4.78 is 5.28. The Bertz CT molecular complexity index is 1050. The molecule has 1 aliphatic heterocycles. The summed E-state index contributed by atoms with van der Waals surface area (Å²) in [4.78, 5) is 31.2. The third kappa shape index (κ3) is 4.67. The first kappa shape index (κ1) is 20.8. The molecule has 2 atom stereocenters. The van der Waals surface area contributed by atoms with Gasteiger partial charge >= 0.3 is 0 Å². The van der Waals surface area contributed by atoms with E-state index < -0.39 is 12.1 Å². The van der Waals surface area contributed by atoms with Crippen molar-refractivity contribution in [2.75, 3.05) is 6.54 Å². The van der Waals surface area contributed by atoms with Crippen LogP contribution in [0.3, 0.4) is 0 Å². The molecule has 7 heteroatoms. The topological polar surface area (TPSA) is 95.7 Å². The number of aliphatic hydroxyl groups is 1. The van der Waals surface area contributed by atoms with Gasteiger partial charge in [-0.15, -0.1) is 0 Å². The molecule has 1 fully saturated rings. The van der Waals surface area contributed by atoms with Crippen LogP contribution in [0.1, 0.15) is 34.8 Å². The van der Waals surface area contributed by atoms with E-state index in [2.05, 4.69) is 10.3 Å². The van der Waals surface area contributed by atoms with Gasteiger partial charge < -0.3 is 19.7 Å². The molecule has 1 aromatic heterocycles. The summed E-state index contributed by atoms with van der Waals surface area (Å²) in [5.74, 6) is 0.177. The number of aliphatic hydroxyl groups excluding tert-OH is 1. The average Bonchev–Trinajstić information content (AvgIpc) is 3.47. The van der Waals surface area contributed by atoms with Gasteiger partial charge in [0.05, 0.1) is 12.3 Å². The summed E-state index contributed by atoms with van der Waals surface area (Å²) in [6.07, 6.45) is 3.36. The maximum atomic E-state index is 13.0. The molecule has 1 saturated heterocycles. The van der Waals surface area contributed by atoms with E-state index in [-0.39, 0.29) is 24.8 Å². The number of carbonyl (C=O) groups is 2. The summed E-state index contributed by atoms with van der Waals surface area (Å²) in [6.45, 7) is 2.51. The molecule has 0 aliphatic carbocycles. The minimum absolute atomic E-state index is 0.152. The Labute approximate surface area is 180 Å². The van der Waals surface area contributed by atoms with Crippen LogP contribution in [-0.4, -0.2) is 45.5 Å². The quantitative estimate of drug-likeness (QED) is 0.641. The molecular formula is C24H25N3O4. The first-order chi connectivity index (χ1) is 15.0. The number of aryl methyl sites for hydroxylation is 1. The van der Waals surface area contributed by atoms with Crippen molar-refractivity contribution in [3.8, 4) is 11.3 Å². The normalized spacial score (nSPS) is 18.2. The number of benzene rings is 2. The maximum Gasteiger partial charge on any atom is 0.254 e. The molecule has 4 rings (SSSR count). The third-order valence-electron chi connectivity index (χ3n) is 5.56. The Morgan fingerprint density at radius 3 is 2.71 bits per heavy atom. The van der Waals surface area contributed by atoms with Gasteiger partial charge in [-0.25, -0.2) is 4.98 Å². The number of amides is 2. The van der Waals surface area contributed by atoms with Gasteiger partial charge in [0.2, 0.25) is 5.91 Å². The van der Waals surface area contributed by atoms with Crippen molar-refractivity contribution < 1.29 is 19.1 Å². The van der Waals surface area contributed by atoms with Crippen LogP contribution in [0.5, 0.6) is 0 Å². The van der Waals surface area contributed by atoms with E-state index in [0.29, 0.717) is 17.9 Å². The molecule has 160 valence electrons. The zero-order valence-corrected chi connectivity index (χ0v) is 17.3. The Kier molecular flexibility index (Phi) is 6.13. The smallest absolute Gasteiger partial charge is 0.254 e. The predicted octanol–water partition coefficient (Wildman–Crippen LogP) is 2.80. The van der Waals surface area contributed by atoms with Gasteiger partial charge in [-0.3, -0.25) is 9.59 Å². The zero-order chi connectivity index (χ0) is 21.8. The van der Waals surface area contributed by atoms with Gasteiger partial charge in [0.15, 0.2) is 12.2 Å². The van der Waals surface area contributed by atoms with Crippen molar-refractivity contribution in [1.82, 2.24) is 15.2 Å². The van der Waals surface area contributed by atoms with Crippen LogP contribution in [0.2, 0.25) is 0 Å². The zero-order valence-electron chi connectivity index (χ0n) is 17.3. The number of aromatic nitrogens is 1. The largest absolute Gasteiger partial charge is 0.444 e. The minimum atomic E-state index is -0.713. The standard InChI is InChI=1S/C24H25N3O4/c1-2-16-4-3-5-19(10-16)24(30)27-14-20(28)11-21(27)23(29)26-12-17-6-8-18(9-7-17)22-13-25-15-31-22/h3-10,13,15,20-21,28H,2,11-12,14H2,1H3,(H,26,29)/t20-,21+/m1/s1. The number of nitrogens with zero attached hydrogens (tertiary/aromatic N) is 2. The average molecular weight is 419 g/mol. The molecule has 2 aromatic carbocycles. The molecule has 2 amide bonds. The number of hydrogen-bond donors (Lipinski definition) is 2. The molecule has 7 nitrogen and oxygen atoms in total. The highest BCUT2D eigenvalue weighted by Gasteiger charge is 2.39. The van der Waals surface area contributed by atoms with E-state index in [4.69, 9.17) is 4.42 Å². The molecular weight excluding hydrogens is 394 g/mol. The maximum absolute atomic E-state index is 13.0. The summed E-state index contributed by atoms with van der Waals surface area (Å²) in [6, 6.07) is 14.3. The van der Waals surface area contributed by atoms with Crippen LogP contribution < -0.4 is 5.32 Å². The molecule has 0 radical (unpaired) electrons. The van der Waals surface area contributed by atoms with Gasteiger partial charge in [0.1, 0.15) is 6.04 Å². The molecule has 2 heterocycles. The number of nitrogens with one attached hydrogen (secondary N) is 1. The lowest BCUT2D eigenvalue weighted by atomic mass is 10.1. The SMILES string of the molecule is CCc1cccc(C(=O)N2C[C@H](O)C[C@H]2C(=O)NCc2ccc(-c3cnco3)cc2)c1. The number of β-amino-alcohol motifs (C(OH)–C–C–N with tert-alkyl or cyclic N) is 1. The lowest BCUT2D eigenvalue weighted by Crippen LogP contribution is -2.45. The van der Waals surface area contributed by atoms with E-state index in [1.165, 1.54) is 11.3 Å². The number of rotatable bonds is 6. The van der Waals surface area contributed by atoms with Crippen molar-refractivity contribution in [3.63, 3.8) is 0 Å². The van der Waals surface area contributed by atoms with Crippen LogP contribution in [-0.2, 0) is 17.8 Å². The van der Waals surface area contributed by atoms with Crippen LogP contribution in [0, 0.1) is 0 Å².